The van der Waals surface area contributed by atoms with Crippen LogP contribution in [0.5, 0.6) is 0 Å². The first-order chi connectivity index (χ1) is 11.7. The van der Waals surface area contributed by atoms with Gasteiger partial charge in [-0.2, -0.15) is 0 Å². The first-order valence-corrected chi connectivity index (χ1v) is 8.61. The van der Waals surface area contributed by atoms with Gasteiger partial charge in [-0.3, -0.25) is 9.69 Å². The molecule has 1 N–H and O–H groups in total. The van der Waals surface area contributed by atoms with E-state index >= 15 is 0 Å². The standard InChI is InChI=1S/C20H19ClN2O/c1-23-8-2-3-20(23)14-6-4-13(5-7-14)16-9-17-15(12-24)11-22-19(17)10-18(16)21/h4-7,9-12,20,22H,2-3,8H2,1H3/t20-/m0/s1. The molecule has 1 aromatic heterocycles. The van der Waals surface area contributed by atoms with Crippen molar-refractivity contribution in [1.29, 1.82) is 0 Å². The highest BCUT2D eigenvalue weighted by Crippen LogP contribution is 2.35. The zero-order chi connectivity index (χ0) is 16.7. The fourth-order valence-electron chi connectivity index (χ4n) is 3.70. The van der Waals surface area contributed by atoms with E-state index in [2.05, 4.69) is 41.2 Å². The molecular formula is C20H19ClN2O. The number of carbonyl (C=O) groups excluding carboxylic acids is 1. The van der Waals surface area contributed by atoms with Gasteiger partial charge in [-0.25, -0.2) is 0 Å². The lowest BCUT2D eigenvalue weighted by atomic mass is 9.98. The predicted molar refractivity (Wildman–Crippen MR) is 98.7 cm³/mol. The summed E-state index contributed by atoms with van der Waals surface area (Å²) in [5, 5.41) is 1.59. The minimum Gasteiger partial charge on any atom is -0.360 e. The number of aromatic amines is 1. The van der Waals surface area contributed by atoms with Gasteiger partial charge in [-0.1, -0.05) is 35.9 Å². The van der Waals surface area contributed by atoms with Crippen molar-refractivity contribution in [2.24, 2.45) is 0 Å². The number of aromatic nitrogens is 1. The third-order valence-corrected chi connectivity index (χ3v) is 5.37. The van der Waals surface area contributed by atoms with Gasteiger partial charge in [0.05, 0.1) is 5.02 Å². The van der Waals surface area contributed by atoms with Crippen LogP contribution >= 0.6 is 11.6 Å². The van der Waals surface area contributed by atoms with Crippen molar-refractivity contribution in [3.8, 4) is 11.1 Å². The molecule has 1 aliphatic rings. The third-order valence-electron chi connectivity index (χ3n) is 5.06. The minimum atomic E-state index is 0.517. The van der Waals surface area contributed by atoms with Crippen molar-refractivity contribution in [3.63, 3.8) is 0 Å². The van der Waals surface area contributed by atoms with Gasteiger partial charge in [0.1, 0.15) is 0 Å². The van der Waals surface area contributed by atoms with Crippen molar-refractivity contribution < 1.29 is 4.79 Å². The van der Waals surface area contributed by atoms with Gasteiger partial charge in [-0.15, -0.1) is 0 Å². The Hall–Kier alpha value is -2.10. The lowest BCUT2D eigenvalue weighted by Crippen LogP contribution is -2.17. The van der Waals surface area contributed by atoms with E-state index in [1.165, 1.54) is 18.4 Å². The molecule has 2 aromatic carbocycles. The van der Waals surface area contributed by atoms with E-state index in [0.717, 1.165) is 34.9 Å². The van der Waals surface area contributed by atoms with E-state index in [-0.39, 0.29) is 0 Å². The van der Waals surface area contributed by atoms with Crippen LogP contribution in [0.3, 0.4) is 0 Å². The highest BCUT2D eigenvalue weighted by molar-refractivity contribution is 6.34. The fourth-order valence-corrected chi connectivity index (χ4v) is 3.97. The lowest BCUT2D eigenvalue weighted by molar-refractivity contribution is 0.112. The van der Waals surface area contributed by atoms with Crippen molar-refractivity contribution in [1.82, 2.24) is 9.88 Å². The number of carbonyl (C=O) groups is 1. The maximum absolute atomic E-state index is 11.2. The molecule has 0 saturated carbocycles. The van der Waals surface area contributed by atoms with Crippen LogP contribution in [0.2, 0.25) is 5.02 Å². The van der Waals surface area contributed by atoms with Crippen molar-refractivity contribution >= 4 is 28.8 Å². The van der Waals surface area contributed by atoms with Gasteiger partial charge < -0.3 is 4.98 Å². The first-order valence-electron chi connectivity index (χ1n) is 8.24. The molecule has 122 valence electrons. The summed E-state index contributed by atoms with van der Waals surface area (Å²) < 4.78 is 0. The summed E-state index contributed by atoms with van der Waals surface area (Å²) in [5.74, 6) is 0. The van der Waals surface area contributed by atoms with E-state index in [9.17, 15) is 4.79 Å². The average molecular weight is 339 g/mol. The summed E-state index contributed by atoms with van der Waals surface area (Å²) in [4.78, 5) is 16.7. The van der Waals surface area contributed by atoms with Crippen LogP contribution in [-0.2, 0) is 0 Å². The average Bonchev–Trinajstić information content (AvgIpc) is 3.19. The zero-order valence-corrected chi connectivity index (χ0v) is 14.3. The van der Waals surface area contributed by atoms with E-state index in [1.54, 1.807) is 6.20 Å². The Balaban J connectivity index is 1.74. The monoisotopic (exact) mass is 338 g/mol. The molecule has 3 nitrogen and oxygen atoms in total. The number of rotatable bonds is 3. The molecule has 4 rings (SSSR count). The predicted octanol–water partition coefficient (Wildman–Crippen LogP) is 5.07. The molecule has 0 spiro atoms. The number of nitrogens with one attached hydrogen (secondary N) is 1. The van der Waals surface area contributed by atoms with E-state index in [4.69, 9.17) is 11.6 Å². The Kier molecular flexibility index (Phi) is 3.91. The van der Waals surface area contributed by atoms with Crippen LogP contribution in [0, 0.1) is 0 Å². The largest absolute Gasteiger partial charge is 0.360 e. The smallest absolute Gasteiger partial charge is 0.152 e. The summed E-state index contributed by atoms with van der Waals surface area (Å²) in [5.41, 5.74) is 4.93. The summed E-state index contributed by atoms with van der Waals surface area (Å²) >= 11 is 6.46. The summed E-state index contributed by atoms with van der Waals surface area (Å²) in [6.45, 7) is 1.16. The Morgan fingerprint density at radius 1 is 1.25 bits per heavy atom. The Morgan fingerprint density at radius 2 is 2.04 bits per heavy atom. The molecule has 4 heteroatoms. The van der Waals surface area contributed by atoms with Gasteiger partial charge in [0.25, 0.3) is 0 Å². The number of fused-ring (bicyclic) bond motifs is 1. The highest BCUT2D eigenvalue weighted by atomic mass is 35.5. The van der Waals surface area contributed by atoms with Gasteiger partial charge >= 0.3 is 0 Å². The van der Waals surface area contributed by atoms with E-state index in [1.807, 2.05) is 12.1 Å². The molecule has 24 heavy (non-hydrogen) atoms. The summed E-state index contributed by atoms with van der Waals surface area (Å²) in [7, 11) is 2.18. The molecule has 1 saturated heterocycles. The fraction of sp³-hybridized carbons (Fsp3) is 0.250. The molecular weight excluding hydrogens is 320 g/mol. The van der Waals surface area contributed by atoms with Crippen molar-refractivity contribution in [3.05, 3.63) is 58.7 Å². The van der Waals surface area contributed by atoms with Crippen LogP contribution in [-0.4, -0.2) is 29.8 Å². The lowest BCUT2D eigenvalue weighted by Gasteiger charge is -2.20. The number of H-pyrrole nitrogens is 1. The second-order valence-corrected chi connectivity index (χ2v) is 6.91. The molecule has 1 aliphatic heterocycles. The van der Waals surface area contributed by atoms with Crippen molar-refractivity contribution in [2.45, 2.75) is 18.9 Å². The van der Waals surface area contributed by atoms with Crippen LogP contribution in [0.1, 0.15) is 34.8 Å². The second-order valence-electron chi connectivity index (χ2n) is 6.50. The third kappa shape index (κ3) is 2.54. The normalized spacial score (nSPS) is 18.3. The van der Waals surface area contributed by atoms with Gasteiger partial charge in [0, 0.05) is 34.3 Å². The maximum atomic E-state index is 11.2. The molecule has 0 aliphatic carbocycles. The zero-order valence-electron chi connectivity index (χ0n) is 13.6. The molecule has 1 atom stereocenters. The Labute approximate surface area is 146 Å². The molecule has 0 unspecified atom stereocenters. The molecule has 0 radical (unpaired) electrons. The van der Waals surface area contributed by atoms with E-state index < -0.39 is 0 Å². The van der Waals surface area contributed by atoms with Crippen LogP contribution in [0.25, 0.3) is 22.0 Å². The molecule has 2 heterocycles. The number of hydrogen-bond acceptors (Lipinski definition) is 2. The quantitative estimate of drug-likeness (QED) is 0.677. The number of benzene rings is 2. The van der Waals surface area contributed by atoms with Crippen LogP contribution in [0.15, 0.2) is 42.6 Å². The summed E-state index contributed by atoms with van der Waals surface area (Å²) in [6, 6.07) is 13.0. The number of nitrogens with zero attached hydrogens (tertiary/aromatic N) is 1. The molecule has 3 aromatic rings. The number of aldehydes is 1. The van der Waals surface area contributed by atoms with Crippen LogP contribution < -0.4 is 0 Å². The van der Waals surface area contributed by atoms with Gasteiger partial charge in [-0.05, 0) is 49.7 Å². The second kappa shape index (κ2) is 6.08. The van der Waals surface area contributed by atoms with Gasteiger partial charge in [0.15, 0.2) is 6.29 Å². The highest BCUT2D eigenvalue weighted by Gasteiger charge is 2.22. The number of likely N-dealkylation sites (tertiary alicyclic amines) is 1. The Bertz CT molecular complexity index is 898. The number of halogens is 1. The van der Waals surface area contributed by atoms with Gasteiger partial charge in [0.2, 0.25) is 0 Å². The Morgan fingerprint density at radius 3 is 2.71 bits per heavy atom. The first kappa shape index (κ1) is 15.4. The summed E-state index contributed by atoms with van der Waals surface area (Å²) in [6.07, 6.45) is 5.06. The number of hydrogen-bond donors (Lipinski definition) is 1. The maximum Gasteiger partial charge on any atom is 0.152 e. The topological polar surface area (TPSA) is 36.1 Å². The van der Waals surface area contributed by atoms with Crippen LogP contribution in [0.4, 0.5) is 0 Å². The van der Waals surface area contributed by atoms with Crippen molar-refractivity contribution in [2.75, 3.05) is 13.6 Å². The minimum absolute atomic E-state index is 0.517. The van der Waals surface area contributed by atoms with E-state index in [0.29, 0.717) is 16.6 Å². The molecule has 1 fully saturated rings. The SMILES string of the molecule is CN1CCC[C@H]1c1ccc(-c2cc3c(C=O)c[nH]c3cc2Cl)cc1. The molecule has 0 amide bonds. The molecule has 0 bridgehead atoms.